The maximum atomic E-state index is 12.2. The van der Waals surface area contributed by atoms with Gasteiger partial charge in [-0.05, 0) is 43.3 Å². The molecule has 1 N–H and O–H groups in total. The largest absolute Gasteiger partial charge is 0.495 e. The number of aryl methyl sites for hydroxylation is 1. The van der Waals surface area contributed by atoms with Crippen LogP contribution in [0.15, 0.2) is 36.4 Å². The highest BCUT2D eigenvalue weighted by atomic mass is 35.5. The highest BCUT2D eigenvalue weighted by Crippen LogP contribution is 2.27. The van der Waals surface area contributed by atoms with Crippen molar-refractivity contribution in [2.75, 3.05) is 26.0 Å². The number of anilines is 1. The number of carbonyl (C=O) groups excluding carboxylic acids is 2. The average molecular weight is 379 g/mol. The number of thiophene rings is 1. The first-order chi connectivity index (χ1) is 11.9. The third-order valence-electron chi connectivity index (χ3n) is 3.34. The lowest BCUT2D eigenvalue weighted by Gasteiger charge is -2.16. The van der Waals surface area contributed by atoms with Crippen LogP contribution in [0.1, 0.15) is 9.75 Å². The fourth-order valence-corrected chi connectivity index (χ4v) is 3.04. The summed E-state index contributed by atoms with van der Waals surface area (Å²) in [7, 11) is 3.08. The summed E-state index contributed by atoms with van der Waals surface area (Å²) in [6, 6.07) is 8.87. The third-order valence-corrected chi connectivity index (χ3v) is 4.54. The molecule has 0 aliphatic carbocycles. The first-order valence-electron chi connectivity index (χ1n) is 7.52. The van der Waals surface area contributed by atoms with Crippen LogP contribution in [0.2, 0.25) is 5.02 Å². The van der Waals surface area contributed by atoms with E-state index in [1.807, 2.05) is 19.1 Å². The number of hydrogen-bond donors (Lipinski definition) is 1. The molecule has 7 heteroatoms. The van der Waals surface area contributed by atoms with Crippen LogP contribution in [0.3, 0.4) is 0 Å². The predicted octanol–water partition coefficient (Wildman–Crippen LogP) is 3.83. The smallest absolute Gasteiger partial charge is 0.246 e. The molecule has 0 bridgehead atoms. The average Bonchev–Trinajstić information content (AvgIpc) is 2.98. The molecule has 0 spiro atoms. The molecule has 0 saturated heterocycles. The third kappa shape index (κ3) is 5.62. The molecule has 0 aliphatic rings. The monoisotopic (exact) mass is 378 g/mol. The summed E-state index contributed by atoms with van der Waals surface area (Å²) in [5.41, 5.74) is 0.463. The molecule has 2 aromatic rings. The molecule has 1 heterocycles. The number of methoxy groups -OCH3 is 1. The highest BCUT2D eigenvalue weighted by molar-refractivity contribution is 7.12. The summed E-state index contributed by atoms with van der Waals surface area (Å²) in [5, 5.41) is 3.18. The lowest BCUT2D eigenvalue weighted by atomic mass is 10.3. The Morgan fingerprint density at radius 1 is 1.32 bits per heavy atom. The van der Waals surface area contributed by atoms with Gasteiger partial charge in [0, 0.05) is 27.9 Å². The molecule has 5 nitrogen and oxygen atoms in total. The molecule has 2 rings (SSSR count). The van der Waals surface area contributed by atoms with Gasteiger partial charge in [-0.25, -0.2) is 0 Å². The van der Waals surface area contributed by atoms with Gasteiger partial charge in [-0.2, -0.15) is 0 Å². The van der Waals surface area contributed by atoms with Crippen LogP contribution in [0.25, 0.3) is 6.08 Å². The number of amides is 2. The van der Waals surface area contributed by atoms with Crippen molar-refractivity contribution in [2.24, 2.45) is 0 Å². The number of halogens is 1. The lowest BCUT2D eigenvalue weighted by Crippen LogP contribution is -2.33. The normalized spacial score (nSPS) is 10.7. The van der Waals surface area contributed by atoms with Crippen molar-refractivity contribution in [1.82, 2.24) is 4.90 Å². The SMILES string of the molecule is COc1ccc(Cl)cc1NC(=O)CN(C)C(=O)/C=C/c1ccc(C)s1. The Morgan fingerprint density at radius 2 is 2.08 bits per heavy atom. The topological polar surface area (TPSA) is 58.6 Å². The zero-order valence-corrected chi connectivity index (χ0v) is 15.8. The van der Waals surface area contributed by atoms with Crippen molar-refractivity contribution < 1.29 is 14.3 Å². The molecule has 0 aliphatic heterocycles. The van der Waals surface area contributed by atoms with E-state index in [2.05, 4.69) is 5.32 Å². The van der Waals surface area contributed by atoms with Crippen molar-refractivity contribution in [3.05, 3.63) is 51.2 Å². The van der Waals surface area contributed by atoms with Crippen LogP contribution < -0.4 is 10.1 Å². The van der Waals surface area contributed by atoms with E-state index in [9.17, 15) is 9.59 Å². The Kier molecular flexibility index (Phi) is 6.61. The van der Waals surface area contributed by atoms with E-state index in [4.69, 9.17) is 16.3 Å². The minimum Gasteiger partial charge on any atom is -0.495 e. The lowest BCUT2D eigenvalue weighted by molar-refractivity contribution is -0.129. The minimum absolute atomic E-state index is 0.0810. The van der Waals surface area contributed by atoms with Crippen molar-refractivity contribution >= 4 is 46.5 Å². The van der Waals surface area contributed by atoms with Crippen molar-refractivity contribution in [3.63, 3.8) is 0 Å². The second-order valence-electron chi connectivity index (χ2n) is 5.37. The fourth-order valence-electron chi connectivity index (χ4n) is 2.08. The van der Waals surface area contributed by atoms with E-state index in [1.165, 1.54) is 23.0 Å². The Balaban J connectivity index is 1.94. The molecule has 0 saturated carbocycles. The van der Waals surface area contributed by atoms with Gasteiger partial charge in [0.2, 0.25) is 11.8 Å². The van der Waals surface area contributed by atoms with Gasteiger partial charge in [0.25, 0.3) is 0 Å². The number of likely N-dealkylation sites (N-methyl/N-ethyl adjacent to an activating group) is 1. The van der Waals surface area contributed by atoms with Crippen molar-refractivity contribution in [2.45, 2.75) is 6.92 Å². The van der Waals surface area contributed by atoms with E-state index in [0.717, 1.165) is 4.88 Å². The van der Waals surface area contributed by atoms with Gasteiger partial charge >= 0.3 is 0 Å². The minimum atomic E-state index is -0.336. The molecule has 0 fully saturated rings. The first kappa shape index (κ1) is 19.0. The maximum absolute atomic E-state index is 12.2. The fraction of sp³-hybridized carbons (Fsp3) is 0.222. The number of benzene rings is 1. The Hall–Kier alpha value is -2.31. The molecule has 0 radical (unpaired) electrons. The summed E-state index contributed by atoms with van der Waals surface area (Å²) in [4.78, 5) is 27.8. The standard InChI is InChI=1S/C18H19ClN2O3S/c1-12-4-6-14(25-12)7-9-18(23)21(2)11-17(22)20-15-10-13(19)5-8-16(15)24-3/h4-10H,11H2,1-3H3,(H,20,22)/b9-7+. The predicted molar refractivity (Wildman–Crippen MR) is 102 cm³/mol. The summed E-state index contributed by atoms with van der Waals surface area (Å²) in [6.45, 7) is 1.92. The molecule has 0 atom stereocenters. The Morgan fingerprint density at radius 3 is 2.72 bits per heavy atom. The van der Waals surface area contributed by atoms with Gasteiger partial charge in [0.05, 0.1) is 19.3 Å². The quantitative estimate of drug-likeness (QED) is 0.777. The van der Waals surface area contributed by atoms with Crippen LogP contribution in [0.5, 0.6) is 5.75 Å². The van der Waals surface area contributed by atoms with E-state index < -0.39 is 0 Å². The zero-order valence-electron chi connectivity index (χ0n) is 14.2. The summed E-state index contributed by atoms with van der Waals surface area (Å²) < 4.78 is 5.18. The number of ether oxygens (including phenoxy) is 1. The van der Waals surface area contributed by atoms with Gasteiger partial charge in [-0.1, -0.05) is 11.6 Å². The molecule has 2 amide bonds. The van der Waals surface area contributed by atoms with Gasteiger partial charge < -0.3 is 15.0 Å². The molecular formula is C18H19ClN2O3S. The number of nitrogens with zero attached hydrogens (tertiary/aromatic N) is 1. The number of carbonyl (C=O) groups is 2. The first-order valence-corrected chi connectivity index (χ1v) is 8.71. The zero-order chi connectivity index (χ0) is 18.4. The van der Waals surface area contributed by atoms with Gasteiger partial charge in [0.15, 0.2) is 0 Å². The molecule has 25 heavy (non-hydrogen) atoms. The number of rotatable bonds is 6. The van der Waals surface area contributed by atoms with E-state index in [0.29, 0.717) is 16.5 Å². The molecule has 1 aromatic carbocycles. The second-order valence-corrected chi connectivity index (χ2v) is 7.12. The summed E-state index contributed by atoms with van der Waals surface area (Å²) in [6.07, 6.45) is 3.20. The molecule has 1 aromatic heterocycles. The van der Waals surface area contributed by atoms with E-state index in [1.54, 1.807) is 42.7 Å². The van der Waals surface area contributed by atoms with E-state index in [-0.39, 0.29) is 18.4 Å². The molecular weight excluding hydrogens is 360 g/mol. The molecule has 132 valence electrons. The van der Waals surface area contributed by atoms with Gasteiger partial charge in [-0.3, -0.25) is 9.59 Å². The molecule has 0 unspecified atom stereocenters. The van der Waals surface area contributed by atoms with Gasteiger partial charge in [0.1, 0.15) is 5.75 Å². The highest BCUT2D eigenvalue weighted by Gasteiger charge is 2.13. The van der Waals surface area contributed by atoms with Crippen LogP contribution in [-0.4, -0.2) is 37.4 Å². The number of hydrogen-bond acceptors (Lipinski definition) is 4. The maximum Gasteiger partial charge on any atom is 0.246 e. The van der Waals surface area contributed by atoms with Crippen molar-refractivity contribution in [1.29, 1.82) is 0 Å². The Bertz CT molecular complexity index is 801. The van der Waals surface area contributed by atoms with Crippen LogP contribution in [0, 0.1) is 6.92 Å². The number of nitrogens with one attached hydrogen (secondary N) is 1. The second kappa shape index (κ2) is 8.69. The van der Waals surface area contributed by atoms with Crippen LogP contribution in [-0.2, 0) is 9.59 Å². The van der Waals surface area contributed by atoms with Crippen LogP contribution in [0.4, 0.5) is 5.69 Å². The van der Waals surface area contributed by atoms with Crippen molar-refractivity contribution in [3.8, 4) is 5.75 Å². The van der Waals surface area contributed by atoms with Crippen LogP contribution >= 0.6 is 22.9 Å². The van der Waals surface area contributed by atoms with Gasteiger partial charge in [-0.15, -0.1) is 11.3 Å². The summed E-state index contributed by atoms with van der Waals surface area (Å²) in [5.74, 6) is -0.0873. The summed E-state index contributed by atoms with van der Waals surface area (Å²) >= 11 is 7.53. The van der Waals surface area contributed by atoms with E-state index >= 15 is 0 Å². The Labute approximate surface area is 155 Å².